The van der Waals surface area contributed by atoms with Crippen LogP contribution in [0.5, 0.6) is 0 Å². The molecule has 1 aliphatic heterocycles. The fraction of sp³-hybridized carbons (Fsp3) is 0.500. The van der Waals surface area contributed by atoms with Gasteiger partial charge in [0, 0.05) is 0 Å². The van der Waals surface area contributed by atoms with Crippen molar-refractivity contribution in [1.29, 1.82) is 0 Å². The third kappa shape index (κ3) is 2.14. The zero-order chi connectivity index (χ0) is 12.6. The lowest BCUT2D eigenvalue weighted by atomic mass is 9.88. The van der Waals surface area contributed by atoms with E-state index in [-0.39, 0.29) is 5.91 Å². The Morgan fingerprint density at radius 1 is 1.12 bits per heavy atom. The van der Waals surface area contributed by atoms with Crippen molar-refractivity contribution in [1.82, 2.24) is 0 Å². The van der Waals surface area contributed by atoms with E-state index in [0.29, 0.717) is 18.4 Å². The number of benzene rings is 1. The number of nitrogens with one attached hydrogen (secondary N) is 2. The summed E-state index contributed by atoms with van der Waals surface area (Å²) < 4.78 is 0. The van der Waals surface area contributed by atoms with Gasteiger partial charge in [0.15, 0.2) is 0 Å². The highest BCUT2D eigenvalue weighted by Gasteiger charge is 2.22. The summed E-state index contributed by atoms with van der Waals surface area (Å²) in [6, 6.07) is 4.24. The fourth-order valence-electron chi connectivity index (χ4n) is 2.40. The van der Waals surface area contributed by atoms with Crippen LogP contribution in [0.15, 0.2) is 12.1 Å². The standard InChI is InChI=1S/C14H20N2O/c1-8(2)10-5-6-11-14(13(10)9(3)4)16-12(17)7-15-11/h5-6,8-9,15H,7H2,1-4H3,(H,16,17). The number of hydrogen-bond donors (Lipinski definition) is 2. The topological polar surface area (TPSA) is 41.1 Å². The van der Waals surface area contributed by atoms with E-state index in [2.05, 4.69) is 50.5 Å². The zero-order valence-corrected chi connectivity index (χ0v) is 10.9. The molecule has 3 heteroatoms. The number of amides is 1. The number of rotatable bonds is 2. The minimum atomic E-state index is 0.0420. The van der Waals surface area contributed by atoms with Gasteiger partial charge in [-0.05, 0) is 29.0 Å². The molecule has 1 aromatic rings. The van der Waals surface area contributed by atoms with E-state index < -0.39 is 0 Å². The van der Waals surface area contributed by atoms with Gasteiger partial charge in [-0.1, -0.05) is 33.8 Å². The molecule has 2 N–H and O–H groups in total. The smallest absolute Gasteiger partial charge is 0.243 e. The Hall–Kier alpha value is -1.51. The maximum Gasteiger partial charge on any atom is 0.243 e. The van der Waals surface area contributed by atoms with E-state index in [4.69, 9.17) is 0 Å². The quantitative estimate of drug-likeness (QED) is 0.821. The predicted octanol–water partition coefficient (Wildman–Crippen LogP) is 3.30. The summed E-state index contributed by atoms with van der Waals surface area (Å²) in [4.78, 5) is 11.5. The molecule has 0 radical (unpaired) electrons. The average Bonchev–Trinajstić information content (AvgIpc) is 2.26. The maximum atomic E-state index is 11.5. The molecule has 0 aromatic heterocycles. The van der Waals surface area contributed by atoms with Crippen LogP contribution in [0.2, 0.25) is 0 Å². The van der Waals surface area contributed by atoms with Crippen molar-refractivity contribution >= 4 is 17.3 Å². The molecule has 0 atom stereocenters. The van der Waals surface area contributed by atoms with Gasteiger partial charge in [-0.2, -0.15) is 0 Å². The lowest BCUT2D eigenvalue weighted by Gasteiger charge is -2.26. The number of carbonyl (C=O) groups is 1. The van der Waals surface area contributed by atoms with Crippen LogP contribution in [0, 0.1) is 0 Å². The molecule has 0 bridgehead atoms. The van der Waals surface area contributed by atoms with Crippen molar-refractivity contribution in [3.63, 3.8) is 0 Å². The van der Waals surface area contributed by atoms with E-state index in [1.165, 1.54) is 11.1 Å². The van der Waals surface area contributed by atoms with Crippen molar-refractivity contribution in [3.8, 4) is 0 Å². The lowest BCUT2D eigenvalue weighted by molar-refractivity contribution is -0.114. The van der Waals surface area contributed by atoms with Gasteiger partial charge in [0.1, 0.15) is 0 Å². The number of fused-ring (bicyclic) bond motifs is 1. The molecule has 0 saturated heterocycles. The van der Waals surface area contributed by atoms with Crippen LogP contribution < -0.4 is 10.6 Å². The first-order chi connectivity index (χ1) is 8.00. The summed E-state index contributed by atoms with van der Waals surface area (Å²) in [6.07, 6.45) is 0. The molecule has 0 saturated carbocycles. The van der Waals surface area contributed by atoms with Gasteiger partial charge < -0.3 is 10.6 Å². The third-order valence-corrected chi connectivity index (χ3v) is 3.18. The largest absolute Gasteiger partial charge is 0.374 e. The number of hydrogen-bond acceptors (Lipinski definition) is 2. The Kier molecular flexibility index (Phi) is 3.09. The fourth-order valence-corrected chi connectivity index (χ4v) is 2.40. The van der Waals surface area contributed by atoms with Gasteiger partial charge in [-0.15, -0.1) is 0 Å². The molecule has 1 heterocycles. The highest BCUT2D eigenvalue weighted by molar-refractivity contribution is 6.01. The monoisotopic (exact) mass is 232 g/mol. The molecule has 3 nitrogen and oxygen atoms in total. The van der Waals surface area contributed by atoms with Crippen LogP contribution >= 0.6 is 0 Å². The highest BCUT2D eigenvalue weighted by atomic mass is 16.2. The molecule has 0 fully saturated rings. The Bertz CT molecular complexity index is 450. The SMILES string of the molecule is CC(C)c1ccc2c(c1C(C)C)NC(=O)CN2. The second-order valence-electron chi connectivity index (χ2n) is 5.20. The Morgan fingerprint density at radius 3 is 2.41 bits per heavy atom. The minimum absolute atomic E-state index is 0.0420. The minimum Gasteiger partial charge on any atom is -0.374 e. The van der Waals surface area contributed by atoms with E-state index in [1.807, 2.05) is 0 Å². The molecular formula is C14H20N2O. The van der Waals surface area contributed by atoms with Crippen molar-refractivity contribution in [2.45, 2.75) is 39.5 Å². The molecule has 1 amide bonds. The maximum absolute atomic E-state index is 11.5. The van der Waals surface area contributed by atoms with Gasteiger partial charge in [0.05, 0.1) is 17.9 Å². The first-order valence-corrected chi connectivity index (χ1v) is 6.21. The summed E-state index contributed by atoms with van der Waals surface area (Å²) in [5.74, 6) is 0.916. The van der Waals surface area contributed by atoms with Crippen molar-refractivity contribution in [3.05, 3.63) is 23.3 Å². The lowest BCUT2D eigenvalue weighted by Crippen LogP contribution is -2.28. The molecule has 1 aromatic carbocycles. The van der Waals surface area contributed by atoms with Gasteiger partial charge in [-0.3, -0.25) is 4.79 Å². The van der Waals surface area contributed by atoms with Gasteiger partial charge in [0.2, 0.25) is 5.91 Å². The third-order valence-electron chi connectivity index (χ3n) is 3.18. The van der Waals surface area contributed by atoms with Crippen LogP contribution in [0.25, 0.3) is 0 Å². The van der Waals surface area contributed by atoms with Crippen LogP contribution in [-0.2, 0) is 4.79 Å². The van der Waals surface area contributed by atoms with Crippen LogP contribution in [-0.4, -0.2) is 12.5 Å². The molecule has 0 spiro atoms. The van der Waals surface area contributed by atoms with Crippen molar-refractivity contribution in [2.24, 2.45) is 0 Å². The Morgan fingerprint density at radius 2 is 1.82 bits per heavy atom. The van der Waals surface area contributed by atoms with E-state index in [0.717, 1.165) is 11.4 Å². The summed E-state index contributed by atoms with van der Waals surface area (Å²) >= 11 is 0. The van der Waals surface area contributed by atoms with Gasteiger partial charge in [-0.25, -0.2) is 0 Å². The predicted molar refractivity (Wildman–Crippen MR) is 71.7 cm³/mol. The molecule has 0 aliphatic carbocycles. The van der Waals surface area contributed by atoms with Crippen LogP contribution in [0.1, 0.15) is 50.7 Å². The summed E-state index contributed by atoms with van der Waals surface area (Å²) in [6.45, 7) is 9.08. The molecule has 92 valence electrons. The normalized spacial score (nSPS) is 14.6. The van der Waals surface area contributed by atoms with E-state index >= 15 is 0 Å². The summed E-state index contributed by atoms with van der Waals surface area (Å²) in [5.41, 5.74) is 4.60. The molecule has 1 aliphatic rings. The average molecular weight is 232 g/mol. The van der Waals surface area contributed by atoms with Crippen molar-refractivity contribution < 1.29 is 4.79 Å². The molecular weight excluding hydrogens is 212 g/mol. The highest BCUT2D eigenvalue weighted by Crippen LogP contribution is 2.38. The Balaban J connectivity index is 2.60. The first-order valence-electron chi connectivity index (χ1n) is 6.21. The summed E-state index contributed by atoms with van der Waals surface area (Å²) in [7, 11) is 0. The number of anilines is 2. The molecule has 17 heavy (non-hydrogen) atoms. The van der Waals surface area contributed by atoms with Gasteiger partial charge in [0.25, 0.3) is 0 Å². The Labute approximate surface area is 103 Å². The van der Waals surface area contributed by atoms with Crippen LogP contribution in [0.3, 0.4) is 0 Å². The molecule has 0 unspecified atom stereocenters. The molecule has 2 rings (SSSR count). The van der Waals surface area contributed by atoms with Crippen molar-refractivity contribution in [2.75, 3.05) is 17.2 Å². The summed E-state index contributed by atoms with van der Waals surface area (Å²) in [5, 5.41) is 6.17. The van der Waals surface area contributed by atoms with Crippen LogP contribution in [0.4, 0.5) is 11.4 Å². The second kappa shape index (κ2) is 4.40. The van der Waals surface area contributed by atoms with E-state index in [9.17, 15) is 4.79 Å². The second-order valence-corrected chi connectivity index (χ2v) is 5.20. The first kappa shape index (κ1) is 12.0. The van der Waals surface area contributed by atoms with E-state index in [1.54, 1.807) is 0 Å². The van der Waals surface area contributed by atoms with Gasteiger partial charge >= 0.3 is 0 Å². The number of carbonyl (C=O) groups excluding carboxylic acids is 1. The zero-order valence-electron chi connectivity index (χ0n) is 10.9.